The van der Waals surface area contributed by atoms with Crippen molar-refractivity contribution >= 4 is 85.9 Å². The van der Waals surface area contributed by atoms with Crippen LogP contribution >= 0.6 is 13.4 Å². The molecule has 0 heterocycles. The maximum absolute atomic E-state index is 8.25. The van der Waals surface area contributed by atoms with Gasteiger partial charge in [-0.1, -0.05) is 0 Å². The molecule has 5 nitrogen and oxygen atoms in total. The van der Waals surface area contributed by atoms with Crippen LogP contribution in [0.15, 0.2) is 0 Å². The molecule has 0 aromatic heterocycles. The molecule has 0 aromatic carbocycles. The largest absolute Gasteiger partial charge is 2.00 e. The molecule has 0 radical (unpaired) electrons. The van der Waals surface area contributed by atoms with Crippen molar-refractivity contribution in [2.75, 3.05) is 0 Å². The van der Waals surface area contributed by atoms with Gasteiger partial charge >= 0.3 is 62.3 Å². The molecule has 0 aliphatic rings. The molecule has 0 unspecified atom stereocenters. The van der Waals surface area contributed by atoms with Crippen molar-refractivity contribution in [3.8, 4) is 0 Å². The topological polar surface area (TPSA) is 90.2 Å². The van der Waals surface area contributed by atoms with Crippen LogP contribution in [0.3, 0.4) is 0 Å². The van der Waals surface area contributed by atoms with Crippen molar-refractivity contribution in [2.45, 2.75) is 0 Å². The Hall–Kier alpha value is 2.67. The standard InChI is InChI=1S/Ba.H4O5P2S2.2H/c;1-6(2,8)5-7(3,4)9;;/h;(H2,1,2,8)(H2,3,4,9);;/q+2;;2*-1. The van der Waals surface area contributed by atoms with Gasteiger partial charge < -0.3 is 22.4 Å². The van der Waals surface area contributed by atoms with Crippen LogP contribution < -0.4 is 0 Å². The molecule has 0 amide bonds. The summed E-state index contributed by atoms with van der Waals surface area (Å²) in [5, 5.41) is 0. The fraction of sp³-hybridized carbons (Fsp3) is 0. The number of hydrogen-bond acceptors (Lipinski definition) is 3. The molecule has 0 saturated carbocycles. The molecule has 0 rings (SSSR count). The van der Waals surface area contributed by atoms with E-state index in [0.29, 0.717) is 0 Å². The SMILES string of the molecule is OP(O)(=S)OP(O)(O)=S.[Ba+2].[H-].[H-]. The molecular formula is H6BaO5P2S2. The quantitative estimate of drug-likeness (QED) is 0.386. The number of rotatable bonds is 2. The summed E-state index contributed by atoms with van der Waals surface area (Å²) in [7, 11) is 0. The van der Waals surface area contributed by atoms with Gasteiger partial charge in [0.1, 0.15) is 0 Å². The van der Waals surface area contributed by atoms with Crippen molar-refractivity contribution in [2.24, 2.45) is 0 Å². The van der Waals surface area contributed by atoms with Gasteiger partial charge in [-0.3, -0.25) is 0 Å². The van der Waals surface area contributed by atoms with E-state index in [0.717, 1.165) is 0 Å². The van der Waals surface area contributed by atoms with E-state index < -0.39 is 13.4 Å². The van der Waals surface area contributed by atoms with Crippen LogP contribution in [-0.2, 0) is 27.9 Å². The Morgan fingerprint density at radius 2 is 1.20 bits per heavy atom. The van der Waals surface area contributed by atoms with E-state index in [1.807, 2.05) is 0 Å². The average Bonchev–Trinajstić information content (AvgIpc) is 1.14. The smallest absolute Gasteiger partial charge is 1.00 e. The molecule has 4 N–H and O–H groups in total. The second kappa shape index (κ2) is 5.41. The van der Waals surface area contributed by atoms with Crippen molar-refractivity contribution in [3.63, 3.8) is 0 Å². The second-order valence-corrected chi connectivity index (χ2v) is 6.53. The molecule has 0 aromatic rings. The summed E-state index contributed by atoms with van der Waals surface area (Å²) in [6.45, 7) is -8.02. The van der Waals surface area contributed by atoms with E-state index in [2.05, 4.69) is 27.9 Å². The van der Waals surface area contributed by atoms with E-state index in [9.17, 15) is 0 Å². The van der Waals surface area contributed by atoms with Gasteiger partial charge in [0.25, 0.3) is 0 Å². The molecule has 10 heteroatoms. The third-order valence-corrected chi connectivity index (χ3v) is 3.11. The van der Waals surface area contributed by atoms with E-state index in [4.69, 9.17) is 19.6 Å². The van der Waals surface area contributed by atoms with E-state index in [1.54, 1.807) is 0 Å². The third kappa shape index (κ3) is 13.3. The van der Waals surface area contributed by atoms with Gasteiger partial charge in [-0.15, -0.1) is 0 Å². The maximum Gasteiger partial charge on any atom is 2.00 e. The first-order chi connectivity index (χ1) is 3.71. The summed E-state index contributed by atoms with van der Waals surface area (Å²) < 4.78 is 3.70. The minimum atomic E-state index is -4.01. The summed E-state index contributed by atoms with van der Waals surface area (Å²) in [5.41, 5.74) is 0. The Balaban J connectivity index is -0.000000107. The van der Waals surface area contributed by atoms with Crippen LogP contribution in [0.25, 0.3) is 0 Å². The van der Waals surface area contributed by atoms with Gasteiger partial charge in [0.15, 0.2) is 0 Å². The summed E-state index contributed by atoms with van der Waals surface area (Å²) >= 11 is 7.75. The first-order valence-electron chi connectivity index (χ1n) is 1.53. The van der Waals surface area contributed by atoms with Crippen molar-refractivity contribution in [3.05, 3.63) is 0 Å². The Morgan fingerprint density at radius 1 is 1.00 bits per heavy atom. The summed E-state index contributed by atoms with van der Waals surface area (Å²) in [5.74, 6) is 0. The molecule has 0 saturated heterocycles. The van der Waals surface area contributed by atoms with Gasteiger partial charge in [-0.05, 0) is 23.6 Å². The molecule has 0 atom stereocenters. The van der Waals surface area contributed by atoms with Crippen LogP contribution in [0, 0.1) is 0 Å². The van der Waals surface area contributed by atoms with Crippen LogP contribution in [0.1, 0.15) is 2.85 Å². The third-order valence-electron chi connectivity index (χ3n) is 0.213. The van der Waals surface area contributed by atoms with Gasteiger partial charge in [-0.2, -0.15) is 0 Å². The first kappa shape index (κ1) is 15.2. The molecule has 0 spiro atoms. The average molecular weight is 349 g/mol. The van der Waals surface area contributed by atoms with Crippen LogP contribution in [-0.4, -0.2) is 68.5 Å². The predicted molar refractivity (Wildman–Crippen MR) is 46.5 cm³/mol. The zero-order valence-corrected chi connectivity index (χ0v) is 12.5. The fourth-order valence-electron chi connectivity index (χ4n) is 0.139. The van der Waals surface area contributed by atoms with E-state index in [-0.39, 0.29) is 51.7 Å². The molecular weight excluding hydrogens is 343 g/mol. The van der Waals surface area contributed by atoms with Gasteiger partial charge in [0.05, 0.1) is 0 Å². The zero-order valence-electron chi connectivity index (χ0n) is 6.62. The van der Waals surface area contributed by atoms with E-state index in [1.165, 1.54) is 0 Å². The summed E-state index contributed by atoms with van der Waals surface area (Å²) in [6.07, 6.45) is 0. The molecule has 10 heavy (non-hydrogen) atoms. The molecule has 60 valence electrons. The minimum absolute atomic E-state index is 0. The monoisotopic (exact) mass is 350 g/mol. The van der Waals surface area contributed by atoms with Crippen molar-refractivity contribution < 1.29 is 26.7 Å². The molecule has 0 fully saturated rings. The molecule has 0 bridgehead atoms. The minimum Gasteiger partial charge on any atom is -1.00 e. The van der Waals surface area contributed by atoms with Crippen LogP contribution in [0.2, 0.25) is 0 Å². The van der Waals surface area contributed by atoms with Crippen LogP contribution in [0.4, 0.5) is 0 Å². The van der Waals surface area contributed by atoms with Gasteiger partial charge in [0, 0.05) is 0 Å². The summed E-state index contributed by atoms with van der Waals surface area (Å²) in [6, 6.07) is 0. The Bertz CT molecular complexity index is 166. The predicted octanol–water partition coefficient (Wildman–Crippen LogP) is -0.735. The number of hydrogen-bond donors (Lipinski definition) is 4. The maximum atomic E-state index is 8.25. The second-order valence-electron chi connectivity index (χ2n) is 1.06. The molecule has 0 aliphatic heterocycles. The zero-order chi connectivity index (χ0) is 7.71. The van der Waals surface area contributed by atoms with Crippen LogP contribution in [0.5, 0.6) is 0 Å². The van der Waals surface area contributed by atoms with Gasteiger partial charge in [-0.25, -0.2) is 4.31 Å². The van der Waals surface area contributed by atoms with Gasteiger partial charge in [0.2, 0.25) is 0 Å². The normalized spacial score (nSPS) is 12.4. The fourth-order valence-corrected chi connectivity index (χ4v) is 3.30. The van der Waals surface area contributed by atoms with Crippen molar-refractivity contribution in [1.29, 1.82) is 0 Å². The Kier molecular flexibility index (Phi) is 8.20. The van der Waals surface area contributed by atoms with E-state index >= 15 is 0 Å². The van der Waals surface area contributed by atoms with Crippen molar-refractivity contribution in [1.82, 2.24) is 0 Å². The molecule has 0 aliphatic carbocycles. The Morgan fingerprint density at radius 3 is 1.20 bits per heavy atom. The Labute approximate surface area is 111 Å². The summed E-state index contributed by atoms with van der Waals surface area (Å²) in [4.78, 5) is 33.0. The first-order valence-corrected chi connectivity index (χ1v) is 6.78.